The number of carbonyl (C=O) groups excluding carboxylic acids is 2. The Kier molecular flexibility index (Phi) is 6.80. The van der Waals surface area contributed by atoms with Crippen LogP contribution in [-0.4, -0.2) is 60.9 Å². The molecule has 1 aromatic heterocycles. The Morgan fingerprint density at radius 1 is 1.21 bits per heavy atom. The van der Waals surface area contributed by atoms with Gasteiger partial charge in [0.1, 0.15) is 0 Å². The van der Waals surface area contributed by atoms with Crippen LogP contribution in [0.25, 0.3) is 0 Å². The normalized spacial score (nSPS) is 16.2. The highest BCUT2D eigenvalue weighted by atomic mass is 32.1. The summed E-state index contributed by atoms with van der Waals surface area (Å²) in [4.78, 5) is 29.1. The van der Waals surface area contributed by atoms with Crippen LogP contribution in [-0.2, 0) is 4.79 Å². The van der Waals surface area contributed by atoms with E-state index in [1.807, 2.05) is 16.3 Å². The fraction of sp³-hybridized carbons (Fsp3) is 0.667. The molecule has 1 saturated heterocycles. The van der Waals surface area contributed by atoms with Gasteiger partial charge in [-0.05, 0) is 29.8 Å². The zero-order chi connectivity index (χ0) is 17.6. The fourth-order valence-corrected chi connectivity index (χ4v) is 3.29. The Hall–Kier alpha value is -1.40. The summed E-state index contributed by atoms with van der Waals surface area (Å²) in [5, 5.41) is 4.69. The second-order valence-electron chi connectivity index (χ2n) is 7.52. The molecule has 1 N–H and O–H groups in total. The quantitative estimate of drug-likeness (QED) is 0.856. The fourth-order valence-electron chi connectivity index (χ4n) is 2.65. The summed E-state index contributed by atoms with van der Waals surface area (Å²) in [5.41, 5.74) is 0.355. The molecule has 0 aliphatic carbocycles. The Balaban J connectivity index is 1.63. The molecule has 2 amide bonds. The number of amides is 2. The zero-order valence-electron chi connectivity index (χ0n) is 15.0. The van der Waals surface area contributed by atoms with E-state index < -0.39 is 0 Å². The van der Waals surface area contributed by atoms with Crippen molar-refractivity contribution in [1.29, 1.82) is 0 Å². The molecular formula is C18H29N3O2S. The van der Waals surface area contributed by atoms with E-state index in [1.54, 1.807) is 6.07 Å². The third-order valence-electron chi connectivity index (χ3n) is 4.27. The lowest BCUT2D eigenvalue weighted by atomic mass is 9.92. The average molecular weight is 352 g/mol. The van der Waals surface area contributed by atoms with E-state index in [0.29, 0.717) is 23.3 Å². The van der Waals surface area contributed by atoms with E-state index >= 15 is 0 Å². The van der Waals surface area contributed by atoms with Crippen molar-refractivity contribution in [1.82, 2.24) is 15.1 Å². The van der Waals surface area contributed by atoms with Crippen LogP contribution in [0.15, 0.2) is 17.5 Å². The first kappa shape index (κ1) is 18.9. The molecule has 134 valence electrons. The van der Waals surface area contributed by atoms with Crippen LogP contribution in [0.4, 0.5) is 0 Å². The van der Waals surface area contributed by atoms with Gasteiger partial charge in [0.25, 0.3) is 5.91 Å². The van der Waals surface area contributed by atoms with Crippen molar-refractivity contribution in [2.75, 3.05) is 39.3 Å². The van der Waals surface area contributed by atoms with Crippen LogP contribution in [0, 0.1) is 5.41 Å². The van der Waals surface area contributed by atoms with Crippen molar-refractivity contribution < 1.29 is 9.59 Å². The molecule has 0 atom stereocenters. The third-order valence-corrected chi connectivity index (χ3v) is 5.14. The molecule has 6 heteroatoms. The summed E-state index contributed by atoms with van der Waals surface area (Å²) in [6.07, 6.45) is 1.55. The van der Waals surface area contributed by atoms with E-state index in [0.717, 1.165) is 32.7 Å². The number of piperazine rings is 1. The van der Waals surface area contributed by atoms with Gasteiger partial charge in [-0.3, -0.25) is 14.5 Å². The summed E-state index contributed by atoms with van der Waals surface area (Å²) >= 11 is 1.41. The first-order valence-corrected chi connectivity index (χ1v) is 9.55. The molecule has 1 fully saturated rings. The van der Waals surface area contributed by atoms with Crippen LogP contribution in [0.1, 0.15) is 43.3 Å². The highest BCUT2D eigenvalue weighted by molar-refractivity contribution is 7.12. The molecule has 0 unspecified atom stereocenters. The zero-order valence-corrected chi connectivity index (χ0v) is 15.8. The van der Waals surface area contributed by atoms with E-state index in [2.05, 4.69) is 31.0 Å². The maximum absolute atomic E-state index is 12.2. The number of rotatable bonds is 6. The Labute approximate surface area is 149 Å². The summed E-state index contributed by atoms with van der Waals surface area (Å²) in [6, 6.07) is 3.64. The minimum Gasteiger partial charge on any atom is -0.351 e. The molecule has 5 nitrogen and oxygen atoms in total. The lowest BCUT2D eigenvalue weighted by Gasteiger charge is -2.36. The molecule has 0 spiro atoms. The van der Waals surface area contributed by atoms with Crippen molar-refractivity contribution >= 4 is 23.2 Å². The van der Waals surface area contributed by atoms with E-state index in [4.69, 9.17) is 0 Å². The van der Waals surface area contributed by atoms with Gasteiger partial charge in [-0.15, -0.1) is 11.3 Å². The number of carbonyl (C=O) groups is 2. The van der Waals surface area contributed by atoms with E-state index in [9.17, 15) is 9.59 Å². The number of nitrogens with one attached hydrogen (secondary N) is 1. The Morgan fingerprint density at radius 2 is 1.92 bits per heavy atom. The topological polar surface area (TPSA) is 52.6 Å². The molecule has 2 rings (SSSR count). The largest absolute Gasteiger partial charge is 0.351 e. The van der Waals surface area contributed by atoms with Gasteiger partial charge in [0.05, 0.1) is 4.88 Å². The van der Waals surface area contributed by atoms with Crippen LogP contribution in [0.2, 0.25) is 0 Å². The van der Waals surface area contributed by atoms with Gasteiger partial charge in [-0.25, -0.2) is 0 Å². The molecule has 1 aliphatic rings. The van der Waals surface area contributed by atoms with Gasteiger partial charge in [-0.2, -0.15) is 0 Å². The van der Waals surface area contributed by atoms with Gasteiger partial charge in [0.15, 0.2) is 0 Å². The standard InChI is InChI=1S/C18H29N3O2S/c1-18(2,3)7-9-20-10-12-21(13-11-20)16(22)6-8-19-17(23)15-5-4-14-24-15/h4-5,14H,6-13H2,1-3H3,(H,19,23). The monoisotopic (exact) mass is 351 g/mol. The van der Waals surface area contributed by atoms with Gasteiger partial charge in [-0.1, -0.05) is 26.8 Å². The van der Waals surface area contributed by atoms with Crippen molar-refractivity contribution in [3.63, 3.8) is 0 Å². The summed E-state index contributed by atoms with van der Waals surface area (Å²) < 4.78 is 0. The molecule has 2 heterocycles. The van der Waals surface area contributed by atoms with E-state index in [1.165, 1.54) is 17.8 Å². The maximum atomic E-state index is 12.2. The van der Waals surface area contributed by atoms with Crippen molar-refractivity contribution in [2.24, 2.45) is 5.41 Å². The lowest BCUT2D eigenvalue weighted by molar-refractivity contribution is -0.132. The number of hydrogen-bond donors (Lipinski definition) is 1. The van der Waals surface area contributed by atoms with Crippen LogP contribution < -0.4 is 5.32 Å². The molecule has 1 aromatic rings. The van der Waals surface area contributed by atoms with Crippen LogP contribution in [0.3, 0.4) is 0 Å². The average Bonchev–Trinajstić information content (AvgIpc) is 3.07. The summed E-state index contributed by atoms with van der Waals surface area (Å²) in [7, 11) is 0. The van der Waals surface area contributed by atoms with E-state index in [-0.39, 0.29) is 11.8 Å². The second kappa shape index (κ2) is 8.62. The van der Waals surface area contributed by atoms with Crippen LogP contribution in [0.5, 0.6) is 0 Å². The Bertz CT molecular complexity index is 529. The van der Waals surface area contributed by atoms with Crippen LogP contribution >= 0.6 is 11.3 Å². The Morgan fingerprint density at radius 3 is 2.50 bits per heavy atom. The predicted molar refractivity (Wildman–Crippen MR) is 98.4 cm³/mol. The minimum atomic E-state index is -0.0928. The minimum absolute atomic E-state index is 0.0928. The number of nitrogens with zero attached hydrogens (tertiary/aromatic N) is 2. The van der Waals surface area contributed by atoms with Gasteiger partial charge in [0, 0.05) is 39.1 Å². The number of thiophene rings is 1. The molecule has 0 bridgehead atoms. The lowest BCUT2D eigenvalue weighted by Crippen LogP contribution is -2.49. The molecule has 1 aliphatic heterocycles. The first-order valence-electron chi connectivity index (χ1n) is 8.67. The van der Waals surface area contributed by atoms with Gasteiger partial charge < -0.3 is 10.2 Å². The molecular weight excluding hydrogens is 322 g/mol. The van der Waals surface area contributed by atoms with Crippen molar-refractivity contribution in [2.45, 2.75) is 33.6 Å². The third kappa shape index (κ3) is 6.24. The number of hydrogen-bond acceptors (Lipinski definition) is 4. The van der Waals surface area contributed by atoms with Crippen molar-refractivity contribution in [3.05, 3.63) is 22.4 Å². The smallest absolute Gasteiger partial charge is 0.261 e. The van der Waals surface area contributed by atoms with Gasteiger partial charge in [0.2, 0.25) is 5.91 Å². The first-order chi connectivity index (χ1) is 11.3. The highest BCUT2D eigenvalue weighted by Crippen LogP contribution is 2.19. The molecule has 0 aromatic carbocycles. The highest BCUT2D eigenvalue weighted by Gasteiger charge is 2.22. The molecule has 24 heavy (non-hydrogen) atoms. The molecule has 0 radical (unpaired) electrons. The van der Waals surface area contributed by atoms with Gasteiger partial charge >= 0.3 is 0 Å². The summed E-state index contributed by atoms with van der Waals surface area (Å²) in [6.45, 7) is 11.8. The summed E-state index contributed by atoms with van der Waals surface area (Å²) in [5.74, 6) is 0.0433. The maximum Gasteiger partial charge on any atom is 0.261 e. The SMILES string of the molecule is CC(C)(C)CCN1CCN(C(=O)CCNC(=O)c2cccs2)CC1. The van der Waals surface area contributed by atoms with Crippen molar-refractivity contribution in [3.8, 4) is 0 Å². The second-order valence-corrected chi connectivity index (χ2v) is 8.46. The molecule has 0 saturated carbocycles. The predicted octanol–water partition coefficient (Wildman–Crippen LogP) is 2.45.